The first kappa shape index (κ1) is 17.3. The molecule has 2 aromatic carbocycles. The van der Waals surface area contributed by atoms with Gasteiger partial charge in [-0.2, -0.15) is 0 Å². The first-order valence-electron chi connectivity index (χ1n) is 8.73. The van der Waals surface area contributed by atoms with Crippen molar-refractivity contribution in [3.05, 3.63) is 54.1 Å². The van der Waals surface area contributed by atoms with Crippen LogP contribution in [0.3, 0.4) is 0 Å². The van der Waals surface area contributed by atoms with Crippen LogP contribution in [0.15, 0.2) is 48.5 Å². The van der Waals surface area contributed by atoms with Crippen molar-refractivity contribution in [2.45, 2.75) is 19.4 Å². The highest BCUT2D eigenvalue weighted by atomic mass is 16.5. The number of carbonyl (C=O) groups excluding carboxylic acids is 1. The highest BCUT2D eigenvalue weighted by molar-refractivity contribution is 5.92. The minimum atomic E-state index is -0.0394. The zero-order valence-electron chi connectivity index (χ0n) is 14.6. The van der Waals surface area contributed by atoms with E-state index in [1.54, 1.807) is 7.11 Å². The fraction of sp³-hybridized carbons (Fsp3) is 0.350. The molecule has 0 atom stereocenters. The third-order valence-corrected chi connectivity index (χ3v) is 4.40. The number of hydrogen-bond acceptors (Lipinski definition) is 4. The van der Waals surface area contributed by atoms with Gasteiger partial charge >= 0.3 is 0 Å². The summed E-state index contributed by atoms with van der Waals surface area (Å²) in [6, 6.07) is 15.9. The maximum Gasteiger partial charge on any atom is 0.238 e. The molecule has 0 bridgehead atoms. The second-order valence-electron chi connectivity index (χ2n) is 6.24. The van der Waals surface area contributed by atoms with Crippen LogP contribution in [0.25, 0.3) is 0 Å². The summed E-state index contributed by atoms with van der Waals surface area (Å²) in [5.41, 5.74) is 3.18. The summed E-state index contributed by atoms with van der Waals surface area (Å²) in [6.45, 7) is 3.17. The first-order chi connectivity index (χ1) is 12.2. The standard InChI is InChI=1S/C20H25N3O2/c1-25-19-10-4-16(5-11-19)14-21-15-20(24)22-17-6-8-18(9-7-17)23-12-2-3-13-23/h4-11,21H,2-3,12-15H2,1H3,(H,22,24). The maximum absolute atomic E-state index is 12.0. The number of amides is 1. The zero-order chi connectivity index (χ0) is 17.5. The van der Waals surface area contributed by atoms with E-state index >= 15 is 0 Å². The predicted octanol–water partition coefficient (Wildman–Crippen LogP) is 3.02. The van der Waals surface area contributed by atoms with Crippen molar-refractivity contribution in [3.63, 3.8) is 0 Å². The average Bonchev–Trinajstić information content (AvgIpc) is 3.18. The van der Waals surface area contributed by atoms with Gasteiger partial charge in [-0.05, 0) is 54.8 Å². The monoisotopic (exact) mass is 339 g/mol. The van der Waals surface area contributed by atoms with Crippen LogP contribution in [0.1, 0.15) is 18.4 Å². The SMILES string of the molecule is COc1ccc(CNCC(=O)Nc2ccc(N3CCCC3)cc2)cc1. The Morgan fingerprint density at radius 1 is 1.04 bits per heavy atom. The van der Waals surface area contributed by atoms with Gasteiger partial charge in [0.2, 0.25) is 5.91 Å². The van der Waals surface area contributed by atoms with Crippen molar-refractivity contribution in [2.24, 2.45) is 0 Å². The molecule has 1 fully saturated rings. The number of nitrogens with zero attached hydrogens (tertiary/aromatic N) is 1. The molecule has 0 aliphatic carbocycles. The molecular formula is C20H25N3O2. The minimum absolute atomic E-state index is 0.0394. The lowest BCUT2D eigenvalue weighted by molar-refractivity contribution is -0.115. The molecule has 0 saturated carbocycles. The molecule has 3 rings (SSSR count). The molecule has 25 heavy (non-hydrogen) atoms. The Balaban J connectivity index is 1.42. The van der Waals surface area contributed by atoms with Crippen LogP contribution in [-0.2, 0) is 11.3 Å². The van der Waals surface area contributed by atoms with Gasteiger partial charge in [-0.25, -0.2) is 0 Å². The van der Waals surface area contributed by atoms with Crippen LogP contribution in [0.5, 0.6) is 5.75 Å². The summed E-state index contributed by atoms with van der Waals surface area (Å²) in [5.74, 6) is 0.793. The molecule has 5 nitrogen and oxygen atoms in total. The maximum atomic E-state index is 12.0. The average molecular weight is 339 g/mol. The Hall–Kier alpha value is -2.53. The number of carbonyl (C=O) groups is 1. The molecule has 1 heterocycles. The van der Waals surface area contributed by atoms with Crippen LogP contribution in [-0.4, -0.2) is 32.7 Å². The first-order valence-corrected chi connectivity index (χ1v) is 8.73. The van der Waals surface area contributed by atoms with Gasteiger partial charge in [0.15, 0.2) is 0 Å². The van der Waals surface area contributed by atoms with Crippen molar-refractivity contribution in [1.82, 2.24) is 5.32 Å². The van der Waals surface area contributed by atoms with Crippen LogP contribution in [0, 0.1) is 0 Å². The van der Waals surface area contributed by atoms with Gasteiger partial charge in [0.25, 0.3) is 0 Å². The Bertz CT molecular complexity index is 677. The number of ether oxygens (including phenoxy) is 1. The van der Waals surface area contributed by atoms with Gasteiger partial charge in [0.1, 0.15) is 5.75 Å². The molecule has 2 N–H and O–H groups in total. The van der Waals surface area contributed by atoms with E-state index in [4.69, 9.17) is 4.74 Å². The molecule has 0 radical (unpaired) electrons. The lowest BCUT2D eigenvalue weighted by Gasteiger charge is -2.17. The summed E-state index contributed by atoms with van der Waals surface area (Å²) < 4.78 is 5.13. The van der Waals surface area contributed by atoms with Crippen molar-refractivity contribution < 1.29 is 9.53 Å². The van der Waals surface area contributed by atoms with E-state index in [0.29, 0.717) is 6.54 Å². The second-order valence-corrected chi connectivity index (χ2v) is 6.24. The van der Waals surface area contributed by atoms with E-state index in [0.717, 1.165) is 30.1 Å². The normalized spacial score (nSPS) is 13.7. The van der Waals surface area contributed by atoms with Crippen molar-refractivity contribution in [2.75, 3.05) is 37.0 Å². The third-order valence-electron chi connectivity index (χ3n) is 4.40. The molecular weight excluding hydrogens is 314 g/mol. The predicted molar refractivity (Wildman–Crippen MR) is 101 cm³/mol. The van der Waals surface area contributed by atoms with Crippen molar-refractivity contribution >= 4 is 17.3 Å². The molecule has 132 valence electrons. The fourth-order valence-corrected chi connectivity index (χ4v) is 3.00. The lowest BCUT2D eigenvalue weighted by atomic mass is 10.2. The summed E-state index contributed by atoms with van der Waals surface area (Å²) in [7, 11) is 1.65. The molecule has 1 aliphatic heterocycles. The summed E-state index contributed by atoms with van der Waals surface area (Å²) >= 11 is 0. The molecule has 1 saturated heterocycles. The number of nitrogens with one attached hydrogen (secondary N) is 2. The van der Waals surface area contributed by atoms with Crippen LogP contribution in [0.4, 0.5) is 11.4 Å². The zero-order valence-corrected chi connectivity index (χ0v) is 14.6. The quantitative estimate of drug-likeness (QED) is 0.814. The van der Waals surface area contributed by atoms with E-state index in [1.807, 2.05) is 36.4 Å². The highest BCUT2D eigenvalue weighted by Crippen LogP contribution is 2.21. The van der Waals surface area contributed by atoms with Crippen LogP contribution >= 0.6 is 0 Å². The largest absolute Gasteiger partial charge is 0.497 e. The van der Waals surface area contributed by atoms with Gasteiger partial charge < -0.3 is 20.3 Å². The summed E-state index contributed by atoms with van der Waals surface area (Å²) in [6.07, 6.45) is 2.52. The number of anilines is 2. The number of methoxy groups -OCH3 is 1. The van der Waals surface area contributed by atoms with E-state index in [2.05, 4.69) is 27.7 Å². The third kappa shape index (κ3) is 4.97. The topological polar surface area (TPSA) is 53.6 Å². The van der Waals surface area contributed by atoms with E-state index in [-0.39, 0.29) is 12.5 Å². The number of benzene rings is 2. The van der Waals surface area contributed by atoms with Gasteiger partial charge in [0, 0.05) is 31.0 Å². The second kappa shape index (κ2) is 8.53. The molecule has 1 aliphatic rings. The van der Waals surface area contributed by atoms with Gasteiger partial charge in [-0.3, -0.25) is 4.79 Å². The smallest absolute Gasteiger partial charge is 0.238 e. The van der Waals surface area contributed by atoms with E-state index in [9.17, 15) is 4.79 Å². The molecule has 0 unspecified atom stereocenters. The van der Waals surface area contributed by atoms with Crippen molar-refractivity contribution in [3.8, 4) is 5.75 Å². The molecule has 0 spiro atoms. The summed E-state index contributed by atoms with van der Waals surface area (Å²) in [4.78, 5) is 14.4. The fourth-order valence-electron chi connectivity index (χ4n) is 3.00. The van der Waals surface area contributed by atoms with Gasteiger partial charge in [0.05, 0.1) is 13.7 Å². The summed E-state index contributed by atoms with van der Waals surface area (Å²) in [5, 5.41) is 6.08. The Morgan fingerprint density at radius 3 is 2.36 bits per heavy atom. The van der Waals surface area contributed by atoms with Crippen LogP contribution in [0.2, 0.25) is 0 Å². The highest BCUT2D eigenvalue weighted by Gasteiger charge is 2.12. The molecule has 1 amide bonds. The van der Waals surface area contributed by atoms with E-state index in [1.165, 1.54) is 18.5 Å². The molecule has 5 heteroatoms. The Labute approximate surface area is 149 Å². The van der Waals surface area contributed by atoms with Crippen molar-refractivity contribution in [1.29, 1.82) is 0 Å². The lowest BCUT2D eigenvalue weighted by Crippen LogP contribution is -2.27. The number of hydrogen-bond donors (Lipinski definition) is 2. The molecule has 0 aromatic heterocycles. The minimum Gasteiger partial charge on any atom is -0.497 e. The van der Waals surface area contributed by atoms with Gasteiger partial charge in [-0.15, -0.1) is 0 Å². The number of rotatable bonds is 7. The Kier molecular flexibility index (Phi) is 5.90. The Morgan fingerprint density at radius 2 is 1.72 bits per heavy atom. The van der Waals surface area contributed by atoms with E-state index < -0.39 is 0 Å². The molecule has 2 aromatic rings. The van der Waals surface area contributed by atoms with Crippen LogP contribution < -0.4 is 20.3 Å². The van der Waals surface area contributed by atoms with Gasteiger partial charge in [-0.1, -0.05) is 12.1 Å².